The Balaban J connectivity index is 2.44. The summed E-state index contributed by atoms with van der Waals surface area (Å²) in [5, 5.41) is 2.71. The monoisotopic (exact) mass is 328 g/mol. The van der Waals surface area contributed by atoms with E-state index in [1.54, 1.807) is 26.2 Å². The number of aryl methyl sites for hydroxylation is 2. The molecule has 0 aliphatic rings. The molecule has 1 amide bonds. The van der Waals surface area contributed by atoms with E-state index in [0.29, 0.717) is 18.7 Å². The molecule has 0 radical (unpaired) electrons. The van der Waals surface area contributed by atoms with Crippen molar-refractivity contribution in [2.45, 2.75) is 31.6 Å². The lowest BCUT2D eigenvalue weighted by Gasteiger charge is -2.10. The highest BCUT2D eigenvalue weighted by Gasteiger charge is 2.16. The van der Waals surface area contributed by atoms with Gasteiger partial charge in [-0.05, 0) is 31.9 Å². The van der Waals surface area contributed by atoms with Crippen LogP contribution in [0.25, 0.3) is 0 Å². The second-order valence-electron chi connectivity index (χ2n) is 5.11. The van der Waals surface area contributed by atoms with Crippen LogP contribution in [0, 0.1) is 13.8 Å². The average Bonchev–Trinajstić information content (AvgIpc) is 2.43. The maximum absolute atomic E-state index is 12.2. The van der Waals surface area contributed by atoms with Gasteiger partial charge in [0.2, 0.25) is 15.9 Å². The summed E-state index contributed by atoms with van der Waals surface area (Å²) in [5.74, 6) is -0.181. The molecular weight excluding hydrogens is 304 g/mol. The van der Waals surface area contributed by atoms with E-state index < -0.39 is 10.0 Å². The maximum Gasteiger partial charge on any atom is 0.240 e. The summed E-state index contributed by atoms with van der Waals surface area (Å²) < 4.78 is 31.7. The lowest BCUT2D eigenvalue weighted by Crippen LogP contribution is -2.31. The van der Waals surface area contributed by atoms with Gasteiger partial charge in [0, 0.05) is 33.2 Å². The first-order valence-electron chi connectivity index (χ1n) is 7.19. The third-order valence-electron chi connectivity index (χ3n) is 3.11. The molecule has 1 aromatic rings. The van der Waals surface area contributed by atoms with Gasteiger partial charge < -0.3 is 10.1 Å². The molecule has 7 heteroatoms. The van der Waals surface area contributed by atoms with Gasteiger partial charge in [0.05, 0.1) is 4.90 Å². The molecule has 0 spiro atoms. The minimum absolute atomic E-state index is 0.0752. The molecule has 124 valence electrons. The number of amides is 1. The normalized spacial score (nSPS) is 11.4. The zero-order chi connectivity index (χ0) is 16.6. The third kappa shape index (κ3) is 6.13. The largest absolute Gasteiger partial charge is 0.385 e. The Morgan fingerprint density at radius 3 is 2.59 bits per heavy atom. The third-order valence-corrected chi connectivity index (χ3v) is 4.73. The van der Waals surface area contributed by atoms with Crippen LogP contribution in [0.2, 0.25) is 0 Å². The van der Waals surface area contributed by atoms with Gasteiger partial charge in [0.15, 0.2) is 0 Å². The van der Waals surface area contributed by atoms with Gasteiger partial charge in [-0.1, -0.05) is 17.7 Å². The average molecular weight is 328 g/mol. The van der Waals surface area contributed by atoms with E-state index in [0.717, 1.165) is 12.0 Å². The molecule has 6 nitrogen and oxygen atoms in total. The van der Waals surface area contributed by atoms with E-state index in [9.17, 15) is 13.2 Å². The van der Waals surface area contributed by atoms with Crippen molar-refractivity contribution in [2.24, 2.45) is 0 Å². The van der Waals surface area contributed by atoms with Crippen LogP contribution in [0.3, 0.4) is 0 Å². The molecule has 0 aliphatic carbocycles. The van der Waals surface area contributed by atoms with Crippen LogP contribution >= 0.6 is 0 Å². The number of carbonyl (C=O) groups excluding carboxylic acids is 1. The molecule has 22 heavy (non-hydrogen) atoms. The molecule has 0 saturated heterocycles. The minimum Gasteiger partial charge on any atom is -0.385 e. The summed E-state index contributed by atoms with van der Waals surface area (Å²) in [5.41, 5.74) is 1.70. The molecule has 1 rings (SSSR count). The minimum atomic E-state index is -3.58. The molecule has 0 aromatic heterocycles. The van der Waals surface area contributed by atoms with Crippen molar-refractivity contribution in [1.82, 2.24) is 10.0 Å². The molecule has 0 unspecified atom stereocenters. The lowest BCUT2D eigenvalue weighted by atomic mass is 10.2. The fraction of sp³-hybridized carbons (Fsp3) is 0.533. The first-order chi connectivity index (χ1) is 10.4. The summed E-state index contributed by atoms with van der Waals surface area (Å²) in [6, 6.07) is 5.15. The molecule has 1 aromatic carbocycles. The van der Waals surface area contributed by atoms with Gasteiger partial charge in [-0.15, -0.1) is 0 Å². The summed E-state index contributed by atoms with van der Waals surface area (Å²) in [6.45, 7) is 4.84. The zero-order valence-corrected chi connectivity index (χ0v) is 14.1. The number of hydrogen-bond acceptors (Lipinski definition) is 4. The van der Waals surface area contributed by atoms with Crippen molar-refractivity contribution in [3.63, 3.8) is 0 Å². The molecule has 2 N–H and O–H groups in total. The van der Waals surface area contributed by atoms with Gasteiger partial charge in [-0.3, -0.25) is 4.79 Å². The number of carbonyl (C=O) groups is 1. The van der Waals surface area contributed by atoms with Crippen molar-refractivity contribution in [3.8, 4) is 0 Å². The van der Waals surface area contributed by atoms with Crippen LogP contribution in [0.4, 0.5) is 0 Å². The Kier molecular flexibility index (Phi) is 7.50. The van der Waals surface area contributed by atoms with Crippen molar-refractivity contribution in [3.05, 3.63) is 29.3 Å². The number of rotatable bonds is 9. The van der Waals surface area contributed by atoms with Gasteiger partial charge in [0.1, 0.15) is 0 Å². The zero-order valence-electron chi connectivity index (χ0n) is 13.3. The lowest BCUT2D eigenvalue weighted by molar-refractivity contribution is -0.120. The van der Waals surface area contributed by atoms with Crippen LogP contribution in [0.5, 0.6) is 0 Å². The number of hydrogen-bond donors (Lipinski definition) is 2. The van der Waals surface area contributed by atoms with Crippen LogP contribution in [0.1, 0.15) is 24.0 Å². The highest BCUT2D eigenvalue weighted by Crippen LogP contribution is 2.16. The highest BCUT2D eigenvalue weighted by molar-refractivity contribution is 7.89. The predicted octanol–water partition coefficient (Wildman–Crippen LogP) is 1.12. The number of ether oxygens (including phenoxy) is 1. The molecule has 0 bridgehead atoms. The van der Waals surface area contributed by atoms with Gasteiger partial charge >= 0.3 is 0 Å². The van der Waals surface area contributed by atoms with Gasteiger partial charge in [0.25, 0.3) is 0 Å². The molecule has 0 aliphatic heterocycles. The Morgan fingerprint density at radius 1 is 1.23 bits per heavy atom. The Labute approximate surface area is 132 Å². The van der Waals surface area contributed by atoms with Crippen molar-refractivity contribution in [1.29, 1.82) is 0 Å². The summed E-state index contributed by atoms with van der Waals surface area (Å²) in [4.78, 5) is 11.8. The van der Waals surface area contributed by atoms with E-state index in [-0.39, 0.29) is 23.8 Å². The Morgan fingerprint density at radius 2 is 1.95 bits per heavy atom. The molecule has 0 saturated carbocycles. The second kappa shape index (κ2) is 8.87. The van der Waals surface area contributed by atoms with E-state index in [1.165, 1.54) is 0 Å². The molecule has 0 fully saturated rings. The standard InChI is InChI=1S/C15H24N2O4S/c1-12-5-6-14(13(2)11-12)22(19,20)17-9-7-15(18)16-8-4-10-21-3/h5-6,11,17H,4,7-10H2,1-3H3,(H,16,18). The van der Waals surface area contributed by atoms with Crippen LogP contribution in [0.15, 0.2) is 23.1 Å². The first kappa shape index (κ1) is 18.6. The number of methoxy groups -OCH3 is 1. The number of benzene rings is 1. The predicted molar refractivity (Wildman–Crippen MR) is 85.2 cm³/mol. The Hall–Kier alpha value is -1.44. The second-order valence-corrected chi connectivity index (χ2v) is 6.85. The van der Waals surface area contributed by atoms with E-state index in [4.69, 9.17) is 4.74 Å². The molecular formula is C15H24N2O4S. The van der Waals surface area contributed by atoms with Crippen molar-refractivity contribution in [2.75, 3.05) is 26.8 Å². The van der Waals surface area contributed by atoms with E-state index in [1.807, 2.05) is 13.0 Å². The summed E-state index contributed by atoms with van der Waals surface area (Å²) in [7, 11) is -1.98. The van der Waals surface area contributed by atoms with Crippen molar-refractivity contribution >= 4 is 15.9 Å². The topological polar surface area (TPSA) is 84.5 Å². The SMILES string of the molecule is COCCCNC(=O)CCNS(=O)(=O)c1ccc(C)cc1C. The quantitative estimate of drug-likeness (QED) is 0.666. The van der Waals surface area contributed by atoms with Crippen LogP contribution in [-0.4, -0.2) is 41.1 Å². The smallest absolute Gasteiger partial charge is 0.240 e. The van der Waals surface area contributed by atoms with Crippen LogP contribution in [-0.2, 0) is 19.6 Å². The van der Waals surface area contributed by atoms with Crippen molar-refractivity contribution < 1.29 is 17.9 Å². The molecule has 0 atom stereocenters. The maximum atomic E-state index is 12.2. The van der Waals surface area contributed by atoms with Gasteiger partial charge in [-0.25, -0.2) is 13.1 Å². The van der Waals surface area contributed by atoms with Gasteiger partial charge in [-0.2, -0.15) is 0 Å². The van der Waals surface area contributed by atoms with Crippen LogP contribution < -0.4 is 10.0 Å². The fourth-order valence-corrected chi connectivity index (χ4v) is 3.27. The fourth-order valence-electron chi connectivity index (χ4n) is 2.01. The summed E-state index contributed by atoms with van der Waals surface area (Å²) >= 11 is 0. The number of nitrogens with one attached hydrogen (secondary N) is 2. The summed E-state index contributed by atoms with van der Waals surface area (Å²) in [6.07, 6.45) is 0.841. The van der Waals surface area contributed by atoms with E-state index in [2.05, 4.69) is 10.0 Å². The first-order valence-corrected chi connectivity index (χ1v) is 8.67. The molecule has 0 heterocycles. The van der Waals surface area contributed by atoms with E-state index >= 15 is 0 Å². The number of sulfonamides is 1. The Bertz CT molecular complexity index is 600. The highest BCUT2D eigenvalue weighted by atomic mass is 32.2.